The van der Waals surface area contributed by atoms with Crippen LogP contribution in [-0.2, 0) is 20.7 Å². The molecule has 2 aliphatic heterocycles. The number of ether oxygens (including phenoxy) is 4. The van der Waals surface area contributed by atoms with Crippen LogP contribution in [0.2, 0.25) is 0 Å². The van der Waals surface area contributed by atoms with Crippen molar-refractivity contribution in [3.63, 3.8) is 0 Å². The molecule has 0 aromatic heterocycles. The molecule has 2 aliphatic rings. The number of fused-ring (bicyclic) bond motifs is 2. The van der Waals surface area contributed by atoms with Crippen molar-refractivity contribution in [1.29, 1.82) is 0 Å². The molecular weight excluding hydrogens is 560 g/mol. The molecule has 230 valence electrons. The molecule has 0 bridgehead atoms. The third kappa shape index (κ3) is 7.48. The highest BCUT2D eigenvalue weighted by Gasteiger charge is 2.35. The normalized spacial score (nSPS) is 19.9. The van der Waals surface area contributed by atoms with Crippen LogP contribution in [0.15, 0.2) is 60.7 Å². The topological polar surface area (TPSA) is 108 Å². The summed E-state index contributed by atoms with van der Waals surface area (Å²) in [5.41, 5.74) is 2.73. The van der Waals surface area contributed by atoms with Crippen molar-refractivity contribution < 1.29 is 38.4 Å². The number of carbonyl (C=O) groups excluding carboxylic acids is 3. The van der Waals surface area contributed by atoms with Crippen LogP contribution < -0.4 is 14.2 Å². The van der Waals surface area contributed by atoms with Crippen LogP contribution in [0, 0.1) is 0 Å². The first kappa shape index (κ1) is 30.9. The van der Waals surface area contributed by atoms with Crippen LogP contribution in [0.25, 0.3) is 6.08 Å². The van der Waals surface area contributed by atoms with Gasteiger partial charge in [0, 0.05) is 30.7 Å². The summed E-state index contributed by atoms with van der Waals surface area (Å²) in [6, 6.07) is 16.9. The lowest BCUT2D eigenvalue weighted by Crippen LogP contribution is -2.23. The number of Topliss-reactive ketones (excluding diaryl/α,β-unsaturated/α-hetero) is 1. The van der Waals surface area contributed by atoms with Gasteiger partial charge in [-0.05, 0) is 79.6 Å². The van der Waals surface area contributed by atoms with E-state index in [0.717, 1.165) is 23.3 Å². The van der Waals surface area contributed by atoms with Crippen LogP contribution in [0.5, 0.6) is 23.0 Å². The van der Waals surface area contributed by atoms with Crippen molar-refractivity contribution in [2.75, 3.05) is 13.7 Å². The summed E-state index contributed by atoms with van der Waals surface area (Å²) >= 11 is 0. The molecule has 2 heterocycles. The first-order valence-corrected chi connectivity index (χ1v) is 15.2. The fraction of sp³-hybridized carbons (Fsp3) is 0.361. The van der Waals surface area contributed by atoms with Gasteiger partial charge in [0.25, 0.3) is 0 Å². The van der Waals surface area contributed by atoms with E-state index in [1.807, 2.05) is 54.6 Å². The maximum atomic E-state index is 13.4. The Morgan fingerprint density at radius 1 is 0.955 bits per heavy atom. The van der Waals surface area contributed by atoms with Crippen LogP contribution in [-0.4, -0.2) is 42.6 Å². The summed E-state index contributed by atoms with van der Waals surface area (Å²) in [5.74, 6) is 0.0331. The number of phenols is 1. The summed E-state index contributed by atoms with van der Waals surface area (Å²) in [5, 5.41) is 11.6. The quantitative estimate of drug-likeness (QED) is 0.240. The van der Waals surface area contributed by atoms with E-state index in [1.54, 1.807) is 26.2 Å². The lowest BCUT2D eigenvalue weighted by Gasteiger charge is -2.28. The standard InChI is InChI=1S/C36H38O8/c1-23-7-6-10-27(37)9-5-3-4-8-26-21-31-34(35(39)33(26)36(40)43-23)30(22-32(38)44-31)25-13-17-29(18-14-25)42-20-19-24-11-15-28(41-2)16-12-24/h4,8,11-18,21,23,30,39H,3,5-7,9-10,19-20,22H2,1-2H3/b8-4+. The molecule has 1 N–H and O–H groups in total. The number of ketones is 1. The number of methoxy groups -OCH3 is 1. The van der Waals surface area contributed by atoms with Crippen molar-refractivity contribution in [3.8, 4) is 23.0 Å². The minimum absolute atomic E-state index is 0.00629. The number of esters is 2. The van der Waals surface area contributed by atoms with E-state index in [-0.39, 0.29) is 29.3 Å². The predicted molar refractivity (Wildman–Crippen MR) is 165 cm³/mol. The number of hydrogen-bond donors (Lipinski definition) is 1. The van der Waals surface area contributed by atoms with Gasteiger partial charge in [-0.3, -0.25) is 9.59 Å². The van der Waals surface area contributed by atoms with Crippen molar-refractivity contribution in [3.05, 3.63) is 88.5 Å². The average Bonchev–Trinajstić information content (AvgIpc) is 3.00. The Bertz CT molecular complexity index is 1520. The van der Waals surface area contributed by atoms with Gasteiger partial charge in [0.1, 0.15) is 34.3 Å². The molecule has 0 saturated carbocycles. The maximum absolute atomic E-state index is 13.4. The largest absolute Gasteiger partial charge is 0.507 e. The third-order valence-electron chi connectivity index (χ3n) is 8.08. The molecule has 8 heteroatoms. The van der Waals surface area contributed by atoms with Crippen LogP contribution in [0.4, 0.5) is 0 Å². The van der Waals surface area contributed by atoms with Gasteiger partial charge in [-0.15, -0.1) is 0 Å². The zero-order valence-corrected chi connectivity index (χ0v) is 25.2. The van der Waals surface area contributed by atoms with E-state index < -0.39 is 24.0 Å². The lowest BCUT2D eigenvalue weighted by atomic mass is 9.83. The number of phenolic OH excluding ortho intramolecular Hbond substituents is 1. The van der Waals surface area contributed by atoms with Gasteiger partial charge in [0.15, 0.2) is 0 Å². The second-order valence-electron chi connectivity index (χ2n) is 11.3. The van der Waals surface area contributed by atoms with E-state index in [1.165, 1.54) is 0 Å². The van der Waals surface area contributed by atoms with Crippen molar-refractivity contribution in [2.24, 2.45) is 0 Å². The summed E-state index contributed by atoms with van der Waals surface area (Å²) in [4.78, 5) is 38.3. The van der Waals surface area contributed by atoms with Gasteiger partial charge >= 0.3 is 11.9 Å². The fourth-order valence-corrected chi connectivity index (χ4v) is 5.68. The first-order chi connectivity index (χ1) is 21.3. The number of allylic oxidation sites excluding steroid dienone is 1. The molecule has 44 heavy (non-hydrogen) atoms. The Morgan fingerprint density at radius 2 is 1.68 bits per heavy atom. The number of cyclic esters (lactones) is 1. The Hall–Kier alpha value is -4.59. The highest BCUT2D eigenvalue weighted by molar-refractivity contribution is 5.98. The molecule has 5 rings (SSSR count). The third-order valence-corrected chi connectivity index (χ3v) is 8.08. The SMILES string of the molecule is COc1ccc(CCOc2ccc(C3CC(=O)Oc4cc5c(c(O)c43)C(=O)OC(C)CCCC(=O)CCC/C=C/5)cc2)cc1. The Kier molecular flexibility index (Phi) is 10.00. The molecule has 2 unspecified atom stereocenters. The summed E-state index contributed by atoms with van der Waals surface area (Å²) in [6.07, 6.45) is 7.33. The number of rotatable bonds is 6. The average molecular weight is 599 g/mol. The zero-order chi connectivity index (χ0) is 31.1. The molecule has 0 spiro atoms. The van der Waals surface area contributed by atoms with Crippen molar-refractivity contribution in [2.45, 2.75) is 70.3 Å². The minimum Gasteiger partial charge on any atom is -0.507 e. The summed E-state index contributed by atoms with van der Waals surface area (Å²) in [6.45, 7) is 2.27. The van der Waals surface area contributed by atoms with Gasteiger partial charge in [-0.1, -0.05) is 36.4 Å². The summed E-state index contributed by atoms with van der Waals surface area (Å²) < 4.78 is 22.5. The molecule has 3 aromatic carbocycles. The Labute approximate surface area is 257 Å². The molecule has 2 atom stereocenters. The number of aromatic hydroxyl groups is 1. The van der Waals surface area contributed by atoms with E-state index in [4.69, 9.17) is 18.9 Å². The molecule has 0 aliphatic carbocycles. The molecule has 0 fully saturated rings. The first-order valence-electron chi connectivity index (χ1n) is 15.2. The van der Waals surface area contributed by atoms with Crippen LogP contribution in [0.3, 0.4) is 0 Å². The van der Waals surface area contributed by atoms with Gasteiger partial charge in [-0.25, -0.2) is 4.79 Å². The molecular formula is C36H38O8. The smallest absolute Gasteiger partial charge is 0.342 e. The fourth-order valence-electron chi connectivity index (χ4n) is 5.68. The predicted octanol–water partition coefficient (Wildman–Crippen LogP) is 6.95. The van der Waals surface area contributed by atoms with E-state index in [2.05, 4.69) is 0 Å². The van der Waals surface area contributed by atoms with Crippen LogP contribution >= 0.6 is 0 Å². The van der Waals surface area contributed by atoms with E-state index in [9.17, 15) is 19.5 Å². The number of carbonyl (C=O) groups is 3. The minimum atomic E-state index is -0.655. The maximum Gasteiger partial charge on any atom is 0.342 e. The molecule has 3 aromatic rings. The lowest BCUT2D eigenvalue weighted by molar-refractivity contribution is -0.135. The van der Waals surface area contributed by atoms with Crippen molar-refractivity contribution in [1.82, 2.24) is 0 Å². The van der Waals surface area contributed by atoms with Gasteiger partial charge in [0.2, 0.25) is 0 Å². The van der Waals surface area contributed by atoms with Gasteiger partial charge in [0.05, 0.1) is 26.2 Å². The monoisotopic (exact) mass is 598 g/mol. The number of benzene rings is 3. The highest BCUT2D eigenvalue weighted by atomic mass is 16.5. The van der Waals surface area contributed by atoms with E-state index >= 15 is 0 Å². The van der Waals surface area contributed by atoms with Gasteiger partial charge < -0.3 is 24.1 Å². The van der Waals surface area contributed by atoms with Crippen molar-refractivity contribution >= 4 is 23.8 Å². The highest BCUT2D eigenvalue weighted by Crippen LogP contribution is 2.47. The summed E-state index contributed by atoms with van der Waals surface area (Å²) in [7, 11) is 1.64. The molecule has 8 nitrogen and oxygen atoms in total. The molecule has 0 radical (unpaired) electrons. The second-order valence-corrected chi connectivity index (χ2v) is 11.3. The molecule has 0 saturated heterocycles. The Morgan fingerprint density at radius 3 is 2.43 bits per heavy atom. The molecule has 0 amide bonds. The van der Waals surface area contributed by atoms with Crippen LogP contribution in [0.1, 0.15) is 90.4 Å². The Balaban J connectivity index is 1.39. The second kappa shape index (κ2) is 14.3. The zero-order valence-electron chi connectivity index (χ0n) is 25.2. The van der Waals surface area contributed by atoms with Gasteiger partial charge in [-0.2, -0.15) is 0 Å². The number of hydrogen-bond acceptors (Lipinski definition) is 8. The van der Waals surface area contributed by atoms with E-state index in [0.29, 0.717) is 62.0 Å².